The first kappa shape index (κ1) is 18.7. The van der Waals surface area contributed by atoms with E-state index in [1.54, 1.807) is 4.90 Å². The summed E-state index contributed by atoms with van der Waals surface area (Å²) in [6.07, 6.45) is 3.02. The van der Waals surface area contributed by atoms with Crippen molar-refractivity contribution in [3.8, 4) is 0 Å². The van der Waals surface area contributed by atoms with Gasteiger partial charge in [0, 0.05) is 19.0 Å². The van der Waals surface area contributed by atoms with Crippen molar-refractivity contribution in [2.45, 2.75) is 51.2 Å². The molecule has 1 aromatic carbocycles. The Morgan fingerprint density at radius 1 is 1.21 bits per heavy atom. The molecule has 132 valence electrons. The molecule has 2 fully saturated rings. The minimum Gasteiger partial charge on any atom is -0.351 e. The molecule has 2 N–H and O–H groups in total. The number of hydrogen-bond donors (Lipinski definition) is 2. The number of amides is 2. The van der Waals surface area contributed by atoms with Crippen molar-refractivity contribution in [2.24, 2.45) is 0 Å². The average Bonchev–Trinajstić information content (AvgIpc) is 2.92. The first-order chi connectivity index (χ1) is 11.1. The third-order valence-electron chi connectivity index (χ3n) is 4.79. The van der Waals surface area contributed by atoms with E-state index in [4.69, 9.17) is 0 Å². The summed E-state index contributed by atoms with van der Waals surface area (Å²) in [6.45, 7) is 4.45. The zero-order chi connectivity index (χ0) is 16.2. The molecule has 2 aliphatic heterocycles. The first-order valence-electron chi connectivity index (χ1n) is 8.49. The maximum absolute atomic E-state index is 12.6. The Kier molecular flexibility index (Phi) is 6.63. The van der Waals surface area contributed by atoms with Crippen LogP contribution in [0.2, 0.25) is 0 Å². The van der Waals surface area contributed by atoms with Gasteiger partial charge in [-0.2, -0.15) is 0 Å². The van der Waals surface area contributed by atoms with Gasteiger partial charge in [0.15, 0.2) is 0 Å². The summed E-state index contributed by atoms with van der Waals surface area (Å²) in [5, 5.41) is 6.43. The van der Waals surface area contributed by atoms with Crippen molar-refractivity contribution in [1.29, 1.82) is 0 Å². The number of rotatable bonds is 4. The summed E-state index contributed by atoms with van der Waals surface area (Å²) in [4.78, 5) is 26.5. The zero-order valence-corrected chi connectivity index (χ0v) is 14.9. The first-order valence-corrected chi connectivity index (χ1v) is 8.49. The molecule has 1 unspecified atom stereocenters. The van der Waals surface area contributed by atoms with E-state index in [0.717, 1.165) is 31.5 Å². The monoisotopic (exact) mass is 351 g/mol. The van der Waals surface area contributed by atoms with E-state index in [2.05, 4.69) is 10.6 Å². The van der Waals surface area contributed by atoms with Crippen LogP contribution in [0.3, 0.4) is 0 Å². The minimum absolute atomic E-state index is 0. The van der Waals surface area contributed by atoms with Gasteiger partial charge < -0.3 is 15.5 Å². The lowest BCUT2D eigenvalue weighted by atomic mass is 10.1. The SMILES string of the molecule is Cc1ccc(CN2C(=O)CCC2C(=O)NC2CCNCC2)cc1.Cl. The van der Waals surface area contributed by atoms with E-state index in [1.807, 2.05) is 31.2 Å². The third-order valence-corrected chi connectivity index (χ3v) is 4.79. The zero-order valence-electron chi connectivity index (χ0n) is 14.1. The van der Waals surface area contributed by atoms with Crippen molar-refractivity contribution in [3.63, 3.8) is 0 Å². The van der Waals surface area contributed by atoms with Crippen LogP contribution in [0.4, 0.5) is 0 Å². The van der Waals surface area contributed by atoms with Gasteiger partial charge in [0.2, 0.25) is 11.8 Å². The Labute approximate surface area is 149 Å². The normalized spacial score (nSPS) is 21.5. The Bertz CT molecular complexity index is 570. The molecule has 0 aliphatic carbocycles. The van der Waals surface area contributed by atoms with Crippen molar-refractivity contribution < 1.29 is 9.59 Å². The highest BCUT2D eigenvalue weighted by atomic mass is 35.5. The molecule has 2 saturated heterocycles. The van der Waals surface area contributed by atoms with Crippen LogP contribution in [0, 0.1) is 6.92 Å². The van der Waals surface area contributed by atoms with Gasteiger partial charge in [-0.25, -0.2) is 0 Å². The fourth-order valence-corrected chi connectivity index (χ4v) is 3.36. The number of carbonyl (C=O) groups excluding carboxylic acids is 2. The molecule has 2 amide bonds. The van der Waals surface area contributed by atoms with Crippen molar-refractivity contribution in [1.82, 2.24) is 15.5 Å². The molecule has 0 saturated carbocycles. The number of piperidine rings is 1. The van der Waals surface area contributed by atoms with Crippen LogP contribution in [-0.4, -0.2) is 41.9 Å². The molecule has 1 atom stereocenters. The highest BCUT2D eigenvalue weighted by Gasteiger charge is 2.36. The Morgan fingerprint density at radius 2 is 1.88 bits per heavy atom. The number of aryl methyl sites for hydroxylation is 1. The maximum Gasteiger partial charge on any atom is 0.243 e. The molecule has 3 rings (SSSR count). The maximum atomic E-state index is 12.6. The second-order valence-electron chi connectivity index (χ2n) is 6.59. The summed E-state index contributed by atoms with van der Waals surface area (Å²) in [5.41, 5.74) is 2.27. The van der Waals surface area contributed by atoms with Crippen molar-refractivity contribution in [3.05, 3.63) is 35.4 Å². The molecular formula is C18H26ClN3O2. The number of benzene rings is 1. The number of likely N-dealkylation sites (tertiary alicyclic amines) is 1. The van der Waals surface area contributed by atoms with Crippen LogP contribution >= 0.6 is 12.4 Å². The number of nitrogens with zero attached hydrogens (tertiary/aromatic N) is 1. The summed E-state index contributed by atoms with van der Waals surface area (Å²) >= 11 is 0. The molecule has 0 radical (unpaired) electrons. The smallest absolute Gasteiger partial charge is 0.243 e. The second kappa shape index (κ2) is 8.49. The molecule has 0 bridgehead atoms. The Hall–Kier alpha value is -1.59. The Morgan fingerprint density at radius 3 is 2.54 bits per heavy atom. The molecule has 0 spiro atoms. The van der Waals surface area contributed by atoms with Gasteiger partial charge >= 0.3 is 0 Å². The van der Waals surface area contributed by atoms with Crippen LogP contribution in [0.25, 0.3) is 0 Å². The summed E-state index contributed by atoms with van der Waals surface area (Å²) in [6, 6.07) is 8.06. The van der Waals surface area contributed by atoms with Crippen LogP contribution in [-0.2, 0) is 16.1 Å². The highest BCUT2D eigenvalue weighted by molar-refractivity contribution is 5.91. The predicted molar refractivity (Wildman–Crippen MR) is 96.0 cm³/mol. The van der Waals surface area contributed by atoms with Gasteiger partial charge in [0.25, 0.3) is 0 Å². The van der Waals surface area contributed by atoms with E-state index in [9.17, 15) is 9.59 Å². The van der Waals surface area contributed by atoms with Gasteiger partial charge in [0.05, 0.1) is 0 Å². The lowest BCUT2D eigenvalue weighted by molar-refractivity contribution is -0.136. The third kappa shape index (κ3) is 4.48. The van der Waals surface area contributed by atoms with Crippen molar-refractivity contribution in [2.75, 3.05) is 13.1 Å². The van der Waals surface area contributed by atoms with Crippen molar-refractivity contribution >= 4 is 24.2 Å². The van der Waals surface area contributed by atoms with E-state index in [0.29, 0.717) is 19.4 Å². The molecule has 0 aromatic heterocycles. The molecule has 24 heavy (non-hydrogen) atoms. The molecule has 1 aromatic rings. The fraction of sp³-hybridized carbons (Fsp3) is 0.556. The standard InChI is InChI=1S/C18H25N3O2.ClH/c1-13-2-4-14(5-3-13)12-21-16(6-7-17(21)22)18(23)20-15-8-10-19-11-9-15;/h2-5,15-16,19H,6-12H2,1H3,(H,20,23);1H. The summed E-state index contributed by atoms with van der Waals surface area (Å²) < 4.78 is 0. The number of hydrogen-bond acceptors (Lipinski definition) is 3. The summed E-state index contributed by atoms with van der Waals surface area (Å²) in [7, 11) is 0. The molecular weight excluding hydrogens is 326 g/mol. The molecule has 2 aliphatic rings. The van der Waals surface area contributed by atoms with Crippen LogP contribution in [0.1, 0.15) is 36.8 Å². The number of halogens is 1. The lowest BCUT2D eigenvalue weighted by Crippen LogP contribution is -2.50. The van der Waals surface area contributed by atoms with E-state index in [-0.39, 0.29) is 36.3 Å². The van der Waals surface area contributed by atoms with Gasteiger partial charge in [-0.05, 0) is 44.8 Å². The van der Waals surface area contributed by atoms with Gasteiger partial charge in [-0.1, -0.05) is 29.8 Å². The van der Waals surface area contributed by atoms with Crippen LogP contribution in [0.5, 0.6) is 0 Å². The quantitative estimate of drug-likeness (QED) is 0.869. The lowest BCUT2D eigenvalue weighted by Gasteiger charge is -2.28. The molecule has 2 heterocycles. The van der Waals surface area contributed by atoms with Crippen LogP contribution in [0.15, 0.2) is 24.3 Å². The fourth-order valence-electron chi connectivity index (χ4n) is 3.36. The topological polar surface area (TPSA) is 61.4 Å². The average molecular weight is 352 g/mol. The van der Waals surface area contributed by atoms with E-state index < -0.39 is 0 Å². The highest BCUT2D eigenvalue weighted by Crippen LogP contribution is 2.22. The van der Waals surface area contributed by atoms with Gasteiger partial charge in [-0.15, -0.1) is 12.4 Å². The van der Waals surface area contributed by atoms with E-state index in [1.165, 1.54) is 5.56 Å². The van der Waals surface area contributed by atoms with Gasteiger partial charge in [0.1, 0.15) is 6.04 Å². The predicted octanol–water partition coefficient (Wildman–Crippen LogP) is 1.78. The number of nitrogens with one attached hydrogen (secondary N) is 2. The summed E-state index contributed by atoms with van der Waals surface area (Å²) in [5.74, 6) is 0.0888. The van der Waals surface area contributed by atoms with Gasteiger partial charge in [-0.3, -0.25) is 9.59 Å². The Balaban J connectivity index is 0.00000208. The minimum atomic E-state index is -0.321. The molecule has 5 nitrogen and oxygen atoms in total. The molecule has 6 heteroatoms. The largest absolute Gasteiger partial charge is 0.351 e. The second-order valence-corrected chi connectivity index (χ2v) is 6.59. The van der Waals surface area contributed by atoms with Crippen LogP contribution < -0.4 is 10.6 Å². The number of carbonyl (C=O) groups is 2. The van der Waals surface area contributed by atoms with E-state index >= 15 is 0 Å².